The number of carboxylic acids is 1. The maximum absolute atomic E-state index is 11.2. The average molecular weight is 296 g/mol. The lowest BCUT2D eigenvalue weighted by Crippen LogP contribution is -2.07. The number of rotatable bonds is 5. The Morgan fingerprint density at radius 1 is 1.00 bits per heavy atom. The molecule has 0 aliphatic heterocycles. The SMILES string of the molecule is CC(C(=O)O)=C(CC(C)O)c1ccc(-c2ccccc2)cc1. The largest absolute Gasteiger partial charge is 0.478 e. The van der Waals surface area contributed by atoms with Crippen molar-refractivity contribution in [1.82, 2.24) is 0 Å². The maximum Gasteiger partial charge on any atom is 0.331 e. The van der Waals surface area contributed by atoms with Crippen molar-refractivity contribution in [2.45, 2.75) is 26.4 Å². The van der Waals surface area contributed by atoms with Crippen LogP contribution in [0.25, 0.3) is 16.7 Å². The molecule has 1 atom stereocenters. The zero-order valence-corrected chi connectivity index (χ0v) is 12.8. The summed E-state index contributed by atoms with van der Waals surface area (Å²) in [6, 6.07) is 17.8. The van der Waals surface area contributed by atoms with Gasteiger partial charge in [-0.2, -0.15) is 0 Å². The molecule has 114 valence electrons. The smallest absolute Gasteiger partial charge is 0.331 e. The predicted octanol–water partition coefficient (Wildman–Crippen LogP) is 3.98. The van der Waals surface area contributed by atoms with Crippen LogP contribution < -0.4 is 0 Å². The highest BCUT2D eigenvalue weighted by Gasteiger charge is 2.14. The molecule has 0 saturated carbocycles. The molecule has 0 fully saturated rings. The second-order valence-electron chi connectivity index (χ2n) is 5.41. The maximum atomic E-state index is 11.2. The Hall–Kier alpha value is -2.39. The van der Waals surface area contributed by atoms with E-state index in [2.05, 4.69) is 0 Å². The molecule has 3 nitrogen and oxygen atoms in total. The van der Waals surface area contributed by atoms with Crippen LogP contribution in [0.4, 0.5) is 0 Å². The minimum absolute atomic E-state index is 0.272. The molecule has 0 saturated heterocycles. The van der Waals surface area contributed by atoms with Crippen molar-refractivity contribution in [1.29, 1.82) is 0 Å². The van der Waals surface area contributed by atoms with Gasteiger partial charge in [-0.05, 0) is 42.5 Å². The highest BCUT2D eigenvalue weighted by Crippen LogP contribution is 2.27. The summed E-state index contributed by atoms with van der Waals surface area (Å²) >= 11 is 0. The molecule has 2 aromatic rings. The number of carbonyl (C=O) groups is 1. The molecule has 0 bridgehead atoms. The second-order valence-corrected chi connectivity index (χ2v) is 5.41. The summed E-state index contributed by atoms with van der Waals surface area (Å²) in [5.74, 6) is -0.956. The van der Waals surface area contributed by atoms with E-state index in [0.29, 0.717) is 12.0 Å². The van der Waals surface area contributed by atoms with E-state index in [0.717, 1.165) is 16.7 Å². The van der Waals surface area contributed by atoms with E-state index in [1.807, 2.05) is 54.6 Å². The first-order valence-corrected chi connectivity index (χ1v) is 7.26. The molecule has 2 rings (SSSR count). The summed E-state index contributed by atoms with van der Waals surface area (Å²) in [5, 5.41) is 18.8. The van der Waals surface area contributed by atoms with Crippen LogP contribution in [0.5, 0.6) is 0 Å². The monoisotopic (exact) mass is 296 g/mol. The quantitative estimate of drug-likeness (QED) is 0.820. The van der Waals surface area contributed by atoms with Crippen LogP contribution in [0.2, 0.25) is 0 Å². The predicted molar refractivity (Wildman–Crippen MR) is 88.4 cm³/mol. The highest BCUT2D eigenvalue weighted by atomic mass is 16.4. The summed E-state index contributed by atoms with van der Waals surface area (Å²) in [5.41, 5.74) is 3.97. The molecule has 0 aliphatic rings. The third-order valence-corrected chi connectivity index (χ3v) is 3.61. The Balaban J connectivity index is 2.38. The molecule has 1 unspecified atom stereocenters. The van der Waals surface area contributed by atoms with E-state index in [-0.39, 0.29) is 5.57 Å². The lowest BCUT2D eigenvalue weighted by molar-refractivity contribution is -0.132. The number of aliphatic hydroxyl groups excluding tert-OH is 1. The van der Waals surface area contributed by atoms with Gasteiger partial charge in [-0.1, -0.05) is 54.6 Å². The van der Waals surface area contributed by atoms with Crippen LogP contribution in [0.15, 0.2) is 60.2 Å². The van der Waals surface area contributed by atoms with Gasteiger partial charge in [-0.25, -0.2) is 4.79 Å². The van der Waals surface area contributed by atoms with Gasteiger partial charge < -0.3 is 10.2 Å². The first kappa shape index (κ1) is 16.0. The third-order valence-electron chi connectivity index (χ3n) is 3.61. The number of aliphatic carboxylic acids is 1. The Morgan fingerprint density at radius 3 is 2.05 bits per heavy atom. The Kier molecular flexibility index (Phi) is 5.12. The third kappa shape index (κ3) is 3.83. The molecule has 2 N–H and O–H groups in total. The van der Waals surface area contributed by atoms with Gasteiger partial charge in [0.25, 0.3) is 0 Å². The first-order valence-electron chi connectivity index (χ1n) is 7.26. The number of hydrogen-bond donors (Lipinski definition) is 2. The van der Waals surface area contributed by atoms with Crippen LogP contribution in [0.1, 0.15) is 25.8 Å². The van der Waals surface area contributed by atoms with Crippen LogP contribution in [0.3, 0.4) is 0 Å². The van der Waals surface area contributed by atoms with E-state index in [9.17, 15) is 15.0 Å². The van der Waals surface area contributed by atoms with E-state index in [4.69, 9.17) is 0 Å². The molecule has 0 heterocycles. The molecule has 3 heteroatoms. The van der Waals surface area contributed by atoms with Gasteiger partial charge in [-0.15, -0.1) is 0 Å². The van der Waals surface area contributed by atoms with Gasteiger partial charge in [0.1, 0.15) is 0 Å². The van der Waals surface area contributed by atoms with E-state index in [1.165, 1.54) is 0 Å². The molecule has 22 heavy (non-hydrogen) atoms. The van der Waals surface area contributed by atoms with Gasteiger partial charge in [0.05, 0.1) is 6.10 Å². The van der Waals surface area contributed by atoms with Crippen molar-refractivity contribution in [2.24, 2.45) is 0 Å². The van der Waals surface area contributed by atoms with Crippen molar-refractivity contribution in [2.75, 3.05) is 0 Å². The fourth-order valence-electron chi connectivity index (χ4n) is 2.41. The van der Waals surface area contributed by atoms with Crippen molar-refractivity contribution >= 4 is 11.5 Å². The number of aliphatic hydroxyl groups is 1. The van der Waals surface area contributed by atoms with Gasteiger partial charge in [0.2, 0.25) is 0 Å². The number of hydrogen-bond acceptors (Lipinski definition) is 2. The molecule has 2 aromatic carbocycles. The first-order chi connectivity index (χ1) is 10.5. The molecule has 0 aliphatic carbocycles. The van der Waals surface area contributed by atoms with Crippen molar-refractivity contribution in [3.05, 3.63) is 65.7 Å². The van der Waals surface area contributed by atoms with E-state index in [1.54, 1.807) is 13.8 Å². The van der Waals surface area contributed by atoms with Crippen molar-refractivity contribution in [3.63, 3.8) is 0 Å². The fourth-order valence-corrected chi connectivity index (χ4v) is 2.41. The van der Waals surface area contributed by atoms with Crippen LogP contribution >= 0.6 is 0 Å². The summed E-state index contributed by atoms with van der Waals surface area (Å²) in [6.45, 7) is 3.23. The van der Waals surface area contributed by atoms with Crippen molar-refractivity contribution < 1.29 is 15.0 Å². The Bertz CT molecular complexity index is 668. The highest BCUT2D eigenvalue weighted by molar-refractivity contribution is 5.96. The fraction of sp³-hybridized carbons (Fsp3) is 0.211. The van der Waals surface area contributed by atoms with Crippen molar-refractivity contribution in [3.8, 4) is 11.1 Å². The number of carboxylic acid groups (broad SMARTS) is 1. The normalized spacial score (nSPS) is 13.4. The number of benzene rings is 2. The molecular formula is C19H20O3. The Morgan fingerprint density at radius 2 is 1.55 bits per heavy atom. The topological polar surface area (TPSA) is 57.5 Å². The lowest BCUT2D eigenvalue weighted by Gasteiger charge is -2.13. The lowest BCUT2D eigenvalue weighted by atomic mass is 9.94. The van der Waals surface area contributed by atoms with Crippen LogP contribution in [-0.2, 0) is 4.79 Å². The zero-order chi connectivity index (χ0) is 16.1. The Labute approximate surface area is 130 Å². The standard InChI is InChI=1S/C19H20O3/c1-13(20)12-18(14(2)19(21)22)17-10-8-16(9-11-17)15-6-4-3-5-7-15/h3-11,13,20H,12H2,1-2H3,(H,21,22). The van der Waals surface area contributed by atoms with Crippen LogP contribution in [-0.4, -0.2) is 22.3 Å². The van der Waals surface area contributed by atoms with E-state index < -0.39 is 12.1 Å². The van der Waals surface area contributed by atoms with E-state index >= 15 is 0 Å². The summed E-state index contributed by atoms with van der Waals surface area (Å²) in [6.07, 6.45) is -0.263. The molecule has 0 spiro atoms. The van der Waals surface area contributed by atoms with Gasteiger partial charge in [0.15, 0.2) is 0 Å². The summed E-state index contributed by atoms with van der Waals surface area (Å²) in [4.78, 5) is 11.2. The summed E-state index contributed by atoms with van der Waals surface area (Å²) in [7, 11) is 0. The minimum atomic E-state index is -0.956. The molecule has 0 aromatic heterocycles. The molecule has 0 radical (unpaired) electrons. The minimum Gasteiger partial charge on any atom is -0.478 e. The average Bonchev–Trinajstić information content (AvgIpc) is 2.53. The van der Waals surface area contributed by atoms with Crippen LogP contribution in [0, 0.1) is 0 Å². The molecule has 0 amide bonds. The van der Waals surface area contributed by atoms with Gasteiger partial charge in [-0.3, -0.25) is 0 Å². The zero-order valence-electron chi connectivity index (χ0n) is 12.8. The van der Waals surface area contributed by atoms with Gasteiger partial charge >= 0.3 is 5.97 Å². The second kappa shape index (κ2) is 7.05. The molecular weight excluding hydrogens is 276 g/mol. The van der Waals surface area contributed by atoms with Gasteiger partial charge in [0, 0.05) is 5.57 Å². The summed E-state index contributed by atoms with van der Waals surface area (Å²) < 4.78 is 0.